The number of fused-ring (bicyclic) bond motifs is 1. The lowest BCUT2D eigenvalue weighted by Gasteiger charge is -2.34. The molecule has 1 atom stereocenters. The van der Waals surface area contributed by atoms with Gasteiger partial charge in [0.05, 0.1) is 31.9 Å². The van der Waals surface area contributed by atoms with Gasteiger partial charge in [0.2, 0.25) is 5.91 Å². The summed E-state index contributed by atoms with van der Waals surface area (Å²) in [6.07, 6.45) is 1.69. The average molecular weight is 428 g/mol. The smallest absolute Gasteiger partial charge is 0.340 e. The molecule has 158 valence electrons. The van der Waals surface area contributed by atoms with Crippen LogP contribution >= 0.6 is 11.3 Å². The van der Waals surface area contributed by atoms with Crippen LogP contribution in [0.5, 0.6) is 0 Å². The molecule has 0 radical (unpaired) electrons. The van der Waals surface area contributed by atoms with Crippen LogP contribution in [0.1, 0.15) is 21.3 Å². The fraction of sp³-hybridized carbons (Fsp3) is 0.364. The highest BCUT2D eigenvalue weighted by Crippen LogP contribution is 2.26. The van der Waals surface area contributed by atoms with E-state index >= 15 is 0 Å². The molecule has 2 aromatic heterocycles. The molecule has 1 aliphatic heterocycles. The normalized spacial score (nSPS) is 15.8. The van der Waals surface area contributed by atoms with Gasteiger partial charge in [-0.1, -0.05) is 24.3 Å². The number of nitrogens with one attached hydrogen (secondary N) is 1. The van der Waals surface area contributed by atoms with Crippen molar-refractivity contribution in [3.05, 3.63) is 58.4 Å². The Bertz CT molecular complexity index is 1010. The predicted octanol–water partition coefficient (Wildman–Crippen LogP) is 2.68. The third-order valence-electron chi connectivity index (χ3n) is 5.36. The van der Waals surface area contributed by atoms with E-state index in [1.54, 1.807) is 22.1 Å². The van der Waals surface area contributed by atoms with Crippen LogP contribution in [0.4, 0.5) is 0 Å². The number of carbonyl (C=O) groups excluding carboxylic acids is 2. The molecule has 1 amide bonds. The zero-order valence-electron chi connectivity index (χ0n) is 16.9. The number of aromatic nitrogens is 1. The largest absolute Gasteiger partial charge is 0.465 e. The van der Waals surface area contributed by atoms with E-state index in [0.717, 1.165) is 24.0 Å². The van der Waals surface area contributed by atoms with Gasteiger partial charge in [0, 0.05) is 41.6 Å². The SMILES string of the molecule is COC(=O)c1cn(CC(=O)NCC(c2cccs2)N2CCOCC2)c2ccccc12. The highest BCUT2D eigenvalue weighted by molar-refractivity contribution is 7.10. The number of carbonyl (C=O) groups is 2. The molecule has 1 N–H and O–H groups in total. The lowest BCUT2D eigenvalue weighted by atomic mass is 10.2. The number of nitrogens with zero attached hydrogens (tertiary/aromatic N) is 2. The first-order valence-electron chi connectivity index (χ1n) is 9.95. The third kappa shape index (κ3) is 4.40. The van der Waals surface area contributed by atoms with Crippen LogP contribution < -0.4 is 5.32 Å². The Morgan fingerprint density at radius 1 is 1.20 bits per heavy atom. The monoisotopic (exact) mass is 427 g/mol. The van der Waals surface area contributed by atoms with E-state index < -0.39 is 5.97 Å². The van der Waals surface area contributed by atoms with Crippen molar-refractivity contribution in [3.8, 4) is 0 Å². The maximum absolute atomic E-state index is 12.8. The minimum absolute atomic E-state index is 0.0954. The fourth-order valence-corrected chi connectivity index (χ4v) is 4.71. The number of hydrogen-bond acceptors (Lipinski definition) is 6. The van der Waals surface area contributed by atoms with Crippen molar-refractivity contribution in [2.75, 3.05) is 40.0 Å². The molecule has 30 heavy (non-hydrogen) atoms. The van der Waals surface area contributed by atoms with Crippen molar-refractivity contribution in [1.82, 2.24) is 14.8 Å². The molecule has 1 saturated heterocycles. The van der Waals surface area contributed by atoms with E-state index in [9.17, 15) is 9.59 Å². The first-order valence-corrected chi connectivity index (χ1v) is 10.8. The number of para-hydroxylation sites is 1. The van der Waals surface area contributed by atoms with Crippen molar-refractivity contribution >= 4 is 34.1 Å². The van der Waals surface area contributed by atoms with E-state index in [1.165, 1.54) is 12.0 Å². The molecule has 0 saturated carbocycles. The molecule has 7 nitrogen and oxygen atoms in total. The van der Waals surface area contributed by atoms with Gasteiger partial charge in [0.25, 0.3) is 0 Å². The molecule has 3 heterocycles. The van der Waals surface area contributed by atoms with Crippen molar-refractivity contribution in [2.45, 2.75) is 12.6 Å². The second kappa shape index (κ2) is 9.42. The van der Waals surface area contributed by atoms with E-state index in [2.05, 4.69) is 21.7 Å². The summed E-state index contributed by atoms with van der Waals surface area (Å²) in [5.41, 5.74) is 1.29. The van der Waals surface area contributed by atoms with Gasteiger partial charge in [-0.3, -0.25) is 9.69 Å². The summed E-state index contributed by atoms with van der Waals surface area (Å²) in [7, 11) is 1.36. The zero-order valence-corrected chi connectivity index (χ0v) is 17.7. The molecule has 1 aromatic carbocycles. The molecular formula is C22H25N3O4S. The van der Waals surface area contributed by atoms with Gasteiger partial charge < -0.3 is 19.4 Å². The number of rotatable bonds is 7. The van der Waals surface area contributed by atoms with Crippen molar-refractivity contribution in [1.29, 1.82) is 0 Å². The van der Waals surface area contributed by atoms with Crippen molar-refractivity contribution in [3.63, 3.8) is 0 Å². The number of thiophene rings is 1. The summed E-state index contributed by atoms with van der Waals surface area (Å²) in [5.74, 6) is -0.502. The molecule has 4 rings (SSSR count). The zero-order chi connectivity index (χ0) is 20.9. The summed E-state index contributed by atoms with van der Waals surface area (Å²) in [6.45, 7) is 3.79. The van der Waals surface area contributed by atoms with Crippen LogP contribution in [0.3, 0.4) is 0 Å². The second-order valence-corrected chi connectivity index (χ2v) is 8.14. The van der Waals surface area contributed by atoms with E-state index in [1.807, 2.05) is 30.3 Å². The molecule has 0 bridgehead atoms. The maximum Gasteiger partial charge on any atom is 0.340 e. The molecule has 3 aromatic rings. The number of morpholine rings is 1. The minimum Gasteiger partial charge on any atom is -0.465 e. The summed E-state index contributed by atoms with van der Waals surface area (Å²) >= 11 is 1.70. The van der Waals surface area contributed by atoms with E-state index in [-0.39, 0.29) is 18.5 Å². The van der Waals surface area contributed by atoms with Gasteiger partial charge in [-0.15, -0.1) is 11.3 Å². The topological polar surface area (TPSA) is 72.8 Å². The van der Waals surface area contributed by atoms with Gasteiger partial charge in [-0.25, -0.2) is 4.79 Å². The number of amides is 1. The number of ether oxygens (including phenoxy) is 2. The Balaban J connectivity index is 1.47. The Morgan fingerprint density at radius 2 is 2.00 bits per heavy atom. The Morgan fingerprint density at radius 3 is 2.73 bits per heavy atom. The second-order valence-electron chi connectivity index (χ2n) is 7.16. The summed E-state index contributed by atoms with van der Waals surface area (Å²) in [6, 6.07) is 11.8. The van der Waals surface area contributed by atoms with Gasteiger partial charge in [0.15, 0.2) is 0 Å². The lowest BCUT2D eigenvalue weighted by Crippen LogP contribution is -2.44. The molecule has 0 aliphatic carbocycles. The lowest BCUT2D eigenvalue weighted by molar-refractivity contribution is -0.122. The number of esters is 1. The first kappa shape index (κ1) is 20.6. The van der Waals surface area contributed by atoms with Crippen LogP contribution in [0.15, 0.2) is 48.0 Å². The predicted molar refractivity (Wildman–Crippen MR) is 116 cm³/mol. The van der Waals surface area contributed by atoms with Crippen LogP contribution in [-0.4, -0.2) is 61.3 Å². The van der Waals surface area contributed by atoms with Gasteiger partial charge >= 0.3 is 5.97 Å². The summed E-state index contributed by atoms with van der Waals surface area (Å²) in [4.78, 5) is 28.5. The first-order chi connectivity index (χ1) is 14.7. The molecule has 8 heteroatoms. The molecule has 1 unspecified atom stereocenters. The highest BCUT2D eigenvalue weighted by atomic mass is 32.1. The van der Waals surface area contributed by atoms with Gasteiger partial charge in [-0.05, 0) is 17.5 Å². The number of hydrogen-bond donors (Lipinski definition) is 1. The van der Waals surface area contributed by atoms with Gasteiger partial charge in [0.1, 0.15) is 6.54 Å². The average Bonchev–Trinajstić information content (AvgIpc) is 3.43. The standard InChI is InChI=1S/C22H25N3O4S/c1-28-22(27)17-14-25(18-6-3-2-5-16(17)18)15-21(26)23-13-19(20-7-4-12-30-20)24-8-10-29-11-9-24/h2-7,12,14,19H,8-11,13,15H2,1H3,(H,23,26). The van der Waals surface area contributed by atoms with Crippen LogP contribution in [-0.2, 0) is 20.8 Å². The van der Waals surface area contributed by atoms with Crippen molar-refractivity contribution < 1.29 is 19.1 Å². The number of benzene rings is 1. The highest BCUT2D eigenvalue weighted by Gasteiger charge is 2.24. The fourth-order valence-electron chi connectivity index (χ4n) is 3.85. The van der Waals surface area contributed by atoms with E-state index in [0.29, 0.717) is 25.3 Å². The summed E-state index contributed by atoms with van der Waals surface area (Å²) in [5, 5.41) is 5.92. The minimum atomic E-state index is -0.407. The Hall–Kier alpha value is -2.68. The Labute approximate surface area is 179 Å². The molecule has 1 fully saturated rings. The molecule has 0 spiro atoms. The van der Waals surface area contributed by atoms with E-state index in [4.69, 9.17) is 9.47 Å². The van der Waals surface area contributed by atoms with Crippen LogP contribution in [0.25, 0.3) is 10.9 Å². The Kier molecular flexibility index (Phi) is 6.47. The van der Waals surface area contributed by atoms with Crippen LogP contribution in [0, 0.1) is 0 Å². The maximum atomic E-state index is 12.8. The molecule has 1 aliphatic rings. The van der Waals surface area contributed by atoms with Crippen molar-refractivity contribution in [2.24, 2.45) is 0 Å². The molecular weight excluding hydrogens is 402 g/mol. The number of methoxy groups -OCH3 is 1. The summed E-state index contributed by atoms with van der Waals surface area (Å²) < 4.78 is 12.2. The van der Waals surface area contributed by atoms with Crippen LogP contribution in [0.2, 0.25) is 0 Å². The third-order valence-corrected chi connectivity index (χ3v) is 6.33. The quantitative estimate of drug-likeness (QED) is 0.587. The van der Waals surface area contributed by atoms with Gasteiger partial charge in [-0.2, -0.15) is 0 Å².